The summed E-state index contributed by atoms with van der Waals surface area (Å²) < 4.78 is 5.86. The Balaban J connectivity index is 0.00000220. The van der Waals surface area contributed by atoms with Gasteiger partial charge in [-0.25, -0.2) is 4.99 Å². The summed E-state index contributed by atoms with van der Waals surface area (Å²) in [6, 6.07) is 8.05. The largest absolute Gasteiger partial charge is 0.493 e. The van der Waals surface area contributed by atoms with Crippen molar-refractivity contribution in [1.82, 2.24) is 5.32 Å². The molecular weight excluding hydrogens is 377 g/mol. The highest BCUT2D eigenvalue weighted by Gasteiger charge is 2.22. The van der Waals surface area contributed by atoms with Gasteiger partial charge in [0.15, 0.2) is 5.96 Å². The van der Waals surface area contributed by atoms with Gasteiger partial charge in [-0.1, -0.05) is 32.0 Å². The van der Waals surface area contributed by atoms with Crippen LogP contribution in [0.25, 0.3) is 0 Å². The molecule has 0 unspecified atom stereocenters. The number of halogens is 1. The van der Waals surface area contributed by atoms with E-state index in [1.807, 2.05) is 24.3 Å². The minimum atomic E-state index is 0. The van der Waals surface area contributed by atoms with E-state index in [4.69, 9.17) is 10.5 Å². The van der Waals surface area contributed by atoms with Crippen molar-refractivity contribution in [3.8, 4) is 5.75 Å². The van der Waals surface area contributed by atoms with E-state index < -0.39 is 0 Å². The quantitative estimate of drug-likeness (QED) is 0.418. The second kappa shape index (κ2) is 9.12. The molecule has 5 heteroatoms. The van der Waals surface area contributed by atoms with Gasteiger partial charge in [0.2, 0.25) is 0 Å². The zero-order valence-electron chi connectivity index (χ0n) is 12.8. The van der Waals surface area contributed by atoms with Gasteiger partial charge in [-0.2, -0.15) is 0 Å². The van der Waals surface area contributed by atoms with Crippen LogP contribution in [0, 0.1) is 11.8 Å². The molecule has 0 atom stereocenters. The molecule has 1 fully saturated rings. The minimum Gasteiger partial charge on any atom is -0.493 e. The fourth-order valence-corrected chi connectivity index (χ4v) is 1.80. The van der Waals surface area contributed by atoms with Gasteiger partial charge >= 0.3 is 0 Å². The number of hydrogen-bond donors (Lipinski definition) is 2. The average Bonchev–Trinajstić information content (AvgIpc) is 3.25. The van der Waals surface area contributed by atoms with E-state index in [9.17, 15) is 0 Å². The van der Waals surface area contributed by atoms with Crippen molar-refractivity contribution in [1.29, 1.82) is 0 Å². The maximum Gasteiger partial charge on any atom is 0.188 e. The van der Waals surface area contributed by atoms with Gasteiger partial charge in [-0.05, 0) is 30.7 Å². The zero-order chi connectivity index (χ0) is 14.4. The number of benzene rings is 1. The monoisotopic (exact) mass is 403 g/mol. The number of aliphatic imine (C=N–C) groups is 1. The van der Waals surface area contributed by atoms with Gasteiger partial charge in [0.05, 0.1) is 13.2 Å². The summed E-state index contributed by atoms with van der Waals surface area (Å²) >= 11 is 0. The Kier molecular flexibility index (Phi) is 7.85. The number of nitrogens with one attached hydrogen (secondary N) is 1. The molecule has 1 aliphatic rings. The molecule has 21 heavy (non-hydrogen) atoms. The number of nitrogens with zero attached hydrogens (tertiary/aromatic N) is 1. The van der Waals surface area contributed by atoms with Crippen LogP contribution < -0.4 is 15.8 Å². The lowest BCUT2D eigenvalue weighted by Gasteiger charge is -2.11. The van der Waals surface area contributed by atoms with E-state index >= 15 is 0 Å². The standard InChI is InChI=1S/C16H25N3O.HI/c1-12(2)9-18-16(17)19-10-14-5-3-4-6-15(14)20-11-13-7-8-13;/h3-6,12-13H,7-11H2,1-2H3,(H3,17,18,19);1H. The zero-order valence-corrected chi connectivity index (χ0v) is 15.2. The fraction of sp³-hybridized carbons (Fsp3) is 0.562. The van der Waals surface area contributed by atoms with E-state index in [-0.39, 0.29) is 24.0 Å². The van der Waals surface area contributed by atoms with Crippen LogP contribution in [0.5, 0.6) is 5.75 Å². The Morgan fingerprint density at radius 2 is 2.10 bits per heavy atom. The first kappa shape index (κ1) is 18.1. The number of ether oxygens (including phenoxy) is 1. The first-order valence-electron chi connectivity index (χ1n) is 7.39. The Labute approximate surface area is 144 Å². The smallest absolute Gasteiger partial charge is 0.188 e. The van der Waals surface area contributed by atoms with Crippen LogP contribution in [-0.2, 0) is 6.54 Å². The number of hydrogen-bond acceptors (Lipinski definition) is 2. The molecule has 0 saturated heterocycles. The molecule has 0 spiro atoms. The first-order chi connectivity index (χ1) is 9.65. The third kappa shape index (κ3) is 7.02. The van der Waals surface area contributed by atoms with Crippen LogP contribution in [0.3, 0.4) is 0 Å². The molecule has 2 rings (SSSR count). The Bertz CT molecular complexity index is 459. The molecule has 4 nitrogen and oxygen atoms in total. The van der Waals surface area contributed by atoms with E-state index in [1.165, 1.54) is 12.8 Å². The van der Waals surface area contributed by atoms with Crippen LogP contribution in [0.4, 0.5) is 0 Å². The molecule has 0 heterocycles. The molecule has 1 aromatic rings. The van der Waals surface area contributed by atoms with Crippen LogP contribution >= 0.6 is 24.0 Å². The lowest BCUT2D eigenvalue weighted by atomic mass is 10.2. The van der Waals surface area contributed by atoms with Gasteiger partial charge in [-0.15, -0.1) is 24.0 Å². The molecule has 1 aliphatic carbocycles. The summed E-state index contributed by atoms with van der Waals surface area (Å²) in [4.78, 5) is 4.37. The molecular formula is C16H26IN3O. The third-order valence-electron chi connectivity index (χ3n) is 3.26. The predicted octanol–water partition coefficient (Wildman–Crippen LogP) is 3.15. The van der Waals surface area contributed by atoms with Crippen molar-refractivity contribution >= 4 is 29.9 Å². The summed E-state index contributed by atoms with van der Waals surface area (Å²) in [7, 11) is 0. The van der Waals surface area contributed by atoms with Crippen molar-refractivity contribution in [3.05, 3.63) is 29.8 Å². The van der Waals surface area contributed by atoms with Crippen LogP contribution in [0.2, 0.25) is 0 Å². The predicted molar refractivity (Wildman–Crippen MR) is 98.2 cm³/mol. The van der Waals surface area contributed by atoms with Crippen LogP contribution in [0.15, 0.2) is 29.3 Å². The van der Waals surface area contributed by atoms with E-state index in [2.05, 4.69) is 24.2 Å². The van der Waals surface area contributed by atoms with Crippen molar-refractivity contribution in [2.75, 3.05) is 13.2 Å². The third-order valence-corrected chi connectivity index (χ3v) is 3.26. The highest BCUT2D eigenvalue weighted by Crippen LogP contribution is 2.30. The van der Waals surface area contributed by atoms with Gasteiger partial charge in [0.25, 0.3) is 0 Å². The first-order valence-corrected chi connectivity index (χ1v) is 7.39. The summed E-state index contributed by atoms with van der Waals surface area (Å²) in [6.07, 6.45) is 2.60. The Morgan fingerprint density at radius 1 is 1.38 bits per heavy atom. The molecule has 3 N–H and O–H groups in total. The molecule has 0 radical (unpaired) electrons. The topological polar surface area (TPSA) is 59.6 Å². The fourth-order valence-electron chi connectivity index (χ4n) is 1.80. The van der Waals surface area contributed by atoms with Gasteiger partial charge in [-0.3, -0.25) is 0 Å². The lowest BCUT2D eigenvalue weighted by Crippen LogP contribution is -2.34. The normalized spacial score (nSPS) is 14.7. The van der Waals surface area contributed by atoms with Crippen molar-refractivity contribution in [2.45, 2.75) is 33.2 Å². The lowest BCUT2D eigenvalue weighted by molar-refractivity contribution is 0.297. The Hall–Kier alpha value is -0.980. The van der Waals surface area contributed by atoms with Crippen molar-refractivity contribution < 1.29 is 4.74 Å². The number of para-hydroxylation sites is 1. The number of rotatable bonds is 7. The molecule has 0 amide bonds. The van der Waals surface area contributed by atoms with E-state index in [0.717, 1.165) is 30.4 Å². The minimum absolute atomic E-state index is 0. The molecule has 0 aliphatic heterocycles. The maximum atomic E-state index is 5.86. The number of guanidine groups is 1. The van der Waals surface area contributed by atoms with E-state index in [0.29, 0.717) is 18.4 Å². The number of nitrogens with two attached hydrogens (primary N) is 1. The maximum absolute atomic E-state index is 5.86. The highest BCUT2D eigenvalue weighted by atomic mass is 127. The molecule has 0 aromatic heterocycles. The van der Waals surface area contributed by atoms with Crippen molar-refractivity contribution in [3.63, 3.8) is 0 Å². The van der Waals surface area contributed by atoms with Gasteiger partial charge < -0.3 is 15.8 Å². The van der Waals surface area contributed by atoms with Crippen LogP contribution in [-0.4, -0.2) is 19.1 Å². The SMILES string of the molecule is CC(C)CNC(N)=NCc1ccccc1OCC1CC1.I. The summed E-state index contributed by atoms with van der Waals surface area (Å²) in [5, 5.41) is 3.12. The summed E-state index contributed by atoms with van der Waals surface area (Å²) in [5.41, 5.74) is 6.94. The van der Waals surface area contributed by atoms with Crippen molar-refractivity contribution in [2.24, 2.45) is 22.6 Å². The molecule has 0 bridgehead atoms. The van der Waals surface area contributed by atoms with Gasteiger partial charge in [0.1, 0.15) is 5.75 Å². The molecule has 1 aromatic carbocycles. The second-order valence-corrected chi connectivity index (χ2v) is 5.84. The average molecular weight is 403 g/mol. The van der Waals surface area contributed by atoms with Crippen LogP contribution in [0.1, 0.15) is 32.3 Å². The summed E-state index contributed by atoms with van der Waals surface area (Å²) in [6.45, 7) is 6.50. The summed E-state index contributed by atoms with van der Waals surface area (Å²) in [5.74, 6) is 2.73. The Morgan fingerprint density at radius 3 is 2.76 bits per heavy atom. The highest BCUT2D eigenvalue weighted by molar-refractivity contribution is 14.0. The second-order valence-electron chi connectivity index (χ2n) is 5.84. The van der Waals surface area contributed by atoms with Gasteiger partial charge in [0, 0.05) is 12.1 Å². The van der Waals surface area contributed by atoms with E-state index in [1.54, 1.807) is 0 Å². The molecule has 1 saturated carbocycles. The molecule has 118 valence electrons.